The van der Waals surface area contributed by atoms with E-state index in [1.807, 2.05) is 18.2 Å². The summed E-state index contributed by atoms with van der Waals surface area (Å²) in [5.41, 5.74) is 1.80. The van der Waals surface area contributed by atoms with E-state index in [1.54, 1.807) is 0 Å². The first-order valence-corrected chi connectivity index (χ1v) is 11.4. The van der Waals surface area contributed by atoms with Crippen LogP contribution in [0.2, 0.25) is 0 Å². The van der Waals surface area contributed by atoms with Crippen molar-refractivity contribution in [2.24, 2.45) is 5.92 Å². The molecule has 33 heavy (non-hydrogen) atoms. The molecular weight excluding hydrogens is 426 g/mol. The van der Waals surface area contributed by atoms with Crippen molar-refractivity contribution in [3.8, 4) is 0 Å². The molecule has 2 aromatic rings. The van der Waals surface area contributed by atoms with Gasteiger partial charge in [-0.1, -0.05) is 12.1 Å². The summed E-state index contributed by atoms with van der Waals surface area (Å²) in [7, 11) is 2.13. The van der Waals surface area contributed by atoms with Crippen LogP contribution in [0.4, 0.5) is 14.5 Å². The van der Waals surface area contributed by atoms with Gasteiger partial charge >= 0.3 is 0 Å². The number of carbonyl (C=O) groups is 2. The number of piperidine rings is 1. The van der Waals surface area contributed by atoms with Gasteiger partial charge in [-0.25, -0.2) is 8.78 Å². The zero-order valence-corrected chi connectivity index (χ0v) is 18.9. The predicted molar refractivity (Wildman–Crippen MR) is 123 cm³/mol. The maximum Gasteiger partial charge on any atom is 0.256 e. The van der Waals surface area contributed by atoms with Crippen molar-refractivity contribution in [1.82, 2.24) is 14.7 Å². The first kappa shape index (κ1) is 23.3. The molecule has 0 saturated carbocycles. The zero-order valence-electron chi connectivity index (χ0n) is 18.9. The van der Waals surface area contributed by atoms with Crippen molar-refractivity contribution in [3.05, 3.63) is 65.2 Å². The topological polar surface area (TPSA) is 55.9 Å². The number of halogens is 2. The van der Waals surface area contributed by atoms with Crippen LogP contribution >= 0.6 is 0 Å². The highest BCUT2D eigenvalue weighted by molar-refractivity contribution is 5.95. The molecule has 2 aromatic carbocycles. The van der Waals surface area contributed by atoms with E-state index in [0.717, 1.165) is 44.5 Å². The number of piperazine rings is 1. The monoisotopic (exact) mass is 456 g/mol. The third-order valence-corrected chi connectivity index (χ3v) is 6.51. The zero-order chi connectivity index (χ0) is 23.4. The van der Waals surface area contributed by atoms with Gasteiger partial charge in [0.05, 0.1) is 5.56 Å². The van der Waals surface area contributed by atoms with Crippen LogP contribution in [-0.4, -0.2) is 72.8 Å². The number of benzene rings is 2. The molecule has 0 aliphatic carbocycles. The minimum Gasteiger partial charge on any atom is -0.339 e. The molecule has 0 bridgehead atoms. The second-order valence-corrected chi connectivity index (χ2v) is 8.96. The first-order valence-electron chi connectivity index (χ1n) is 11.4. The Bertz CT molecular complexity index is 1000. The van der Waals surface area contributed by atoms with Crippen LogP contribution in [0.25, 0.3) is 0 Å². The van der Waals surface area contributed by atoms with Crippen LogP contribution in [0, 0.1) is 17.6 Å². The van der Waals surface area contributed by atoms with Gasteiger partial charge in [-0.05, 0) is 49.7 Å². The number of hydrogen-bond donors (Lipinski definition) is 1. The van der Waals surface area contributed by atoms with Gasteiger partial charge in [0.25, 0.3) is 5.91 Å². The number of carbonyl (C=O) groups excluding carboxylic acids is 2. The molecule has 0 radical (unpaired) electrons. The summed E-state index contributed by atoms with van der Waals surface area (Å²) < 4.78 is 27.1. The standard InChI is InChI=1S/C25H30F2N4O2/c1-29-11-13-30(14-12-29)17-18-3-2-4-21(15-18)28-24(32)19-7-9-31(10-8-19)25(33)22-6-5-20(26)16-23(22)27/h2-6,15-16,19H,7-14,17H2,1H3,(H,28,32). The Kier molecular flexibility index (Phi) is 7.35. The lowest BCUT2D eigenvalue weighted by Gasteiger charge is -2.32. The molecule has 0 unspecified atom stereocenters. The lowest BCUT2D eigenvalue weighted by atomic mass is 9.95. The molecule has 2 fully saturated rings. The highest BCUT2D eigenvalue weighted by Crippen LogP contribution is 2.23. The molecule has 4 rings (SSSR count). The second-order valence-electron chi connectivity index (χ2n) is 8.96. The second kappa shape index (κ2) is 10.4. The van der Waals surface area contributed by atoms with Crippen molar-refractivity contribution in [1.29, 1.82) is 0 Å². The number of nitrogens with zero attached hydrogens (tertiary/aromatic N) is 3. The van der Waals surface area contributed by atoms with Crippen LogP contribution in [0.5, 0.6) is 0 Å². The lowest BCUT2D eigenvalue weighted by molar-refractivity contribution is -0.121. The lowest BCUT2D eigenvalue weighted by Crippen LogP contribution is -2.43. The highest BCUT2D eigenvalue weighted by Gasteiger charge is 2.29. The molecule has 0 aromatic heterocycles. The molecule has 2 aliphatic rings. The van der Waals surface area contributed by atoms with E-state index < -0.39 is 17.5 Å². The third-order valence-electron chi connectivity index (χ3n) is 6.51. The SMILES string of the molecule is CN1CCN(Cc2cccc(NC(=O)C3CCN(C(=O)c4ccc(F)cc4F)CC3)c2)CC1. The fraction of sp³-hybridized carbons (Fsp3) is 0.440. The first-order chi connectivity index (χ1) is 15.9. The van der Waals surface area contributed by atoms with Crippen LogP contribution in [-0.2, 0) is 11.3 Å². The predicted octanol–water partition coefficient (Wildman–Crippen LogP) is 3.20. The summed E-state index contributed by atoms with van der Waals surface area (Å²) in [6.07, 6.45) is 1.00. The largest absolute Gasteiger partial charge is 0.339 e. The number of likely N-dealkylation sites (tertiary alicyclic amines) is 1. The maximum atomic E-state index is 13.9. The van der Waals surface area contributed by atoms with Crippen LogP contribution < -0.4 is 5.32 Å². The summed E-state index contributed by atoms with van der Waals surface area (Å²) in [6, 6.07) is 10.9. The third kappa shape index (κ3) is 5.94. The van der Waals surface area contributed by atoms with Gasteiger partial charge in [0.15, 0.2) is 0 Å². The van der Waals surface area contributed by atoms with Gasteiger partial charge in [-0.15, -0.1) is 0 Å². The summed E-state index contributed by atoms with van der Waals surface area (Å²) in [5, 5.41) is 3.02. The van der Waals surface area contributed by atoms with Crippen molar-refractivity contribution in [3.63, 3.8) is 0 Å². The molecule has 0 atom stereocenters. The van der Waals surface area contributed by atoms with Gasteiger partial charge in [0, 0.05) is 63.5 Å². The van der Waals surface area contributed by atoms with Crippen LogP contribution in [0.3, 0.4) is 0 Å². The van der Waals surface area contributed by atoms with Crippen molar-refractivity contribution in [2.75, 3.05) is 51.6 Å². The minimum absolute atomic E-state index is 0.0631. The summed E-state index contributed by atoms with van der Waals surface area (Å²) in [4.78, 5) is 31.6. The summed E-state index contributed by atoms with van der Waals surface area (Å²) >= 11 is 0. The Balaban J connectivity index is 1.29. The number of anilines is 1. The van der Waals surface area contributed by atoms with E-state index in [-0.39, 0.29) is 17.4 Å². The van der Waals surface area contributed by atoms with E-state index in [2.05, 4.69) is 28.2 Å². The normalized spacial score (nSPS) is 18.3. The van der Waals surface area contributed by atoms with Crippen molar-refractivity contribution < 1.29 is 18.4 Å². The molecule has 0 spiro atoms. The van der Waals surface area contributed by atoms with Gasteiger partial charge in [-0.3, -0.25) is 14.5 Å². The van der Waals surface area contributed by atoms with E-state index in [0.29, 0.717) is 32.0 Å². The molecule has 2 heterocycles. The van der Waals surface area contributed by atoms with Crippen molar-refractivity contribution in [2.45, 2.75) is 19.4 Å². The number of hydrogen-bond acceptors (Lipinski definition) is 4. The molecule has 6 nitrogen and oxygen atoms in total. The number of nitrogens with one attached hydrogen (secondary N) is 1. The van der Waals surface area contributed by atoms with E-state index in [9.17, 15) is 18.4 Å². The molecule has 8 heteroatoms. The fourth-order valence-electron chi connectivity index (χ4n) is 4.43. The van der Waals surface area contributed by atoms with Crippen LogP contribution in [0.15, 0.2) is 42.5 Å². The smallest absolute Gasteiger partial charge is 0.256 e. The fourth-order valence-corrected chi connectivity index (χ4v) is 4.43. The summed E-state index contributed by atoms with van der Waals surface area (Å²) in [6.45, 7) is 5.77. The molecule has 2 amide bonds. The Labute approximate surface area is 193 Å². The maximum absolute atomic E-state index is 13.9. The van der Waals surface area contributed by atoms with E-state index in [4.69, 9.17) is 0 Å². The minimum atomic E-state index is -0.865. The molecular formula is C25H30F2N4O2. The van der Waals surface area contributed by atoms with E-state index in [1.165, 1.54) is 16.5 Å². The number of likely N-dealkylation sites (N-methyl/N-ethyl adjacent to an activating group) is 1. The van der Waals surface area contributed by atoms with Crippen molar-refractivity contribution >= 4 is 17.5 Å². The van der Waals surface area contributed by atoms with Gasteiger partial charge in [-0.2, -0.15) is 0 Å². The summed E-state index contributed by atoms with van der Waals surface area (Å²) in [5.74, 6) is -2.33. The quantitative estimate of drug-likeness (QED) is 0.751. The molecule has 1 N–H and O–H groups in total. The Morgan fingerprint density at radius 3 is 2.39 bits per heavy atom. The Hall–Kier alpha value is -2.84. The van der Waals surface area contributed by atoms with Gasteiger partial charge in [0.1, 0.15) is 11.6 Å². The highest BCUT2D eigenvalue weighted by atomic mass is 19.1. The molecule has 2 saturated heterocycles. The van der Waals surface area contributed by atoms with Gasteiger partial charge < -0.3 is 15.1 Å². The Morgan fingerprint density at radius 1 is 0.970 bits per heavy atom. The van der Waals surface area contributed by atoms with Crippen LogP contribution in [0.1, 0.15) is 28.8 Å². The average Bonchev–Trinajstić information content (AvgIpc) is 2.80. The molecule has 2 aliphatic heterocycles. The number of rotatable bonds is 5. The number of amides is 2. The Morgan fingerprint density at radius 2 is 1.70 bits per heavy atom. The molecule has 176 valence electrons. The van der Waals surface area contributed by atoms with Gasteiger partial charge in [0.2, 0.25) is 5.91 Å². The average molecular weight is 457 g/mol. The van der Waals surface area contributed by atoms with E-state index >= 15 is 0 Å².